The monoisotopic (exact) mass is 289 g/mol. The highest BCUT2D eigenvalue weighted by Crippen LogP contribution is 2.23. The van der Waals surface area contributed by atoms with E-state index in [2.05, 4.69) is 24.0 Å². The van der Waals surface area contributed by atoms with Crippen molar-refractivity contribution in [2.24, 2.45) is 0 Å². The van der Waals surface area contributed by atoms with Gasteiger partial charge in [-0.15, -0.1) is 0 Å². The molecule has 96 valence electrons. The lowest BCUT2D eigenvalue weighted by molar-refractivity contribution is 1.41. The van der Waals surface area contributed by atoms with Crippen LogP contribution in [-0.2, 0) is 0 Å². The molecule has 0 radical (unpaired) electrons. The maximum Gasteiger partial charge on any atom is 0.148 e. The summed E-state index contributed by atoms with van der Waals surface area (Å²) in [6, 6.07) is 19.8. The minimum atomic E-state index is 0.357. The Morgan fingerprint density at radius 2 is 1.47 bits per heavy atom. The number of para-hydroxylation sites is 1. The lowest BCUT2D eigenvalue weighted by Crippen LogP contribution is -1.79. The minimum Gasteiger partial charge on any atom is -0.235 e. The molecule has 0 atom stereocenters. The first kappa shape index (κ1) is 13.9. The summed E-state index contributed by atoms with van der Waals surface area (Å²) in [5.41, 5.74) is 2.19. The smallest absolute Gasteiger partial charge is 0.148 e. The van der Waals surface area contributed by atoms with Crippen molar-refractivity contribution in [2.75, 3.05) is 0 Å². The normalized spacial score (nSPS) is 9.84. The molecule has 0 unspecified atom stereocenters. The van der Waals surface area contributed by atoms with Gasteiger partial charge in [0.05, 0.1) is 10.5 Å². The number of rotatable bonds is 0. The highest BCUT2D eigenvalue weighted by molar-refractivity contribution is 6.41. The molecule has 0 aliphatic carbocycles. The third-order valence-corrected chi connectivity index (χ3v) is 3.25. The average Bonchev–Trinajstić information content (AvgIpc) is 2.42. The van der Waals surface area contributed by atoms with E-state index in [0.29, 0.717) is 10.2 Å². The summed E-state index contributed by atoms with van der Waals surface area (Å²) in [5.74, 6) is 0. The van der Waals surface area contributed by atoms with Gasteiger partial charge in [0, 0.05) is 5.39 Å². The maximum atomic E-state index is 5.79. The fourth-order valence-corrected chi connectivity index (χ4v) is 1.91. The highest BCUT2D eigenvalue weighted by atomic mass is 35.5. The van der Waals surface area contributed by atoms with E-state index in [4.69, 9.17) is 23.2 Å². The zero-order valence-electron chi connectivity index (χ0n) is 10.5. The molecule has 0 saturated carbocycles. The average molecular weight is 290 g/mol. The topological polar surface area (TPSA) is 12.9 Å². The van der Waals surface area contributed by atoms with Gasteiger partial charge in [-0.25, -0.2) is 4.98 Å². The predicted octanol–water partition coefficient (Wildman–Crippen LogP) is 5.54. The quantitative estimate of drug-likeness (QED) is 0.495. The van der Waals surface area contributed by atoms with Crippen molar-refractivity contribution in [3.8, 4) is 0 Å². The molecule has 1 aromatic heterocycles. The molecular formula is C16H13Cl2N. The fourth-order valence-electron chi connectivity index (χ4n) is 1.60. The summed E-state index contributed by atoms with van der Waals surface area (Å²) in [6.45, 7) is 2.08. The van der Waals surface area contributed by atoms with E-state index < -0.39 is 0 Å². The second-order valence-corrected chi connectivity index (χ2v) is 4.87. The zero-order valence-corrected chi connectivity index (χ0v) is 12.0. The third-order valence-electron chi connectivity index (χ3n) is 2.58. The number of pyridine rings is 1. The van der Waals surface area contributed by atoms with Crippen molar-refractivity contribution in [2.45, 2.75) is 6.92 Å². The van der Waals surface area contributed by atoms with Crippen LogP contribution in [0.3, 0.4) is 0 Å². The third kappa shape index (κ3) is 3.95. The van der Waals surface area contributed by atoms with Gasteiger partial charge in [-0.05, 0) is 19.1 Å². The Kier molecular flexibility index (Phi) is 4.78. The fraction of sp³-hybridized carbons (Fsp3) is 0.0625. The number of aryl methyl sites for hydroxylation is 1. The van der Waals surface area contributed by atoms with Gasteiger partial charge in [0.1, 0.15) is 5.15 Å². The molecule has 1 nitrogen and oxygen atoms in total. The van der Waals surface area contributed by atoms with E-state index in [1.165, 1.54) is 5.56 Å². The Morgan fingerprint density at radius 3 is 2.11 bits per heavy atom. The van der Waals surface area contributed by atoms with E-state index >= 15 is 0 Å². The van der Waals surface area contributed by atoms with Crippen molar-refractivity contribution >= 4 is 34.1 Å². The van der Waals surface area contributed by atoms with E-state index in [-0.39, 0.29) is 0 Å². The lowest BCUT2D eigenvalue weighted by atomic mass is 10.2. The van der Waals surface area contributed by atoms with Crippen molar-refractivity contribution in [3.05, 3.63) is 76.4 Å². The van der Waals surface area contributed by atoms with Crippen molar-refractivity contribution in [1.29, 1.82) is 0 Å². The van der Waals surface area contributed by atoms with Crippen molar-refractivity contribution < 1.29 is 0 Å². The lowest BCUT2D eigenvalue weighted by Gasteiger charge is -1.98. The SMILES string of the molecule is Cc1ccccc1.Clc1cc2ccccc2nc1Cl. The summed E-state index contributed by atoms with van der Waals surface area (Å²) in [6.07, 6.45) is 0. The number of benzene rings is 2. The number of hydrogen-bond donors (Lipinski definition) is 0. The molecule has 0 bridgehead atoms. The van der Waals surface area contributed by atoms with Crippen LogP contribution in [0, 0.1) is 6.92 Å². The molecule has 3 rings (SSSR count). The summed E-state index contributed by atoms with van der Waals surface area (Å²) in [5, 5.41) is 1.86. The standard InChI is InChI=1S/C9H5Cl2N.C7H8/c10-7-5-6-3-1-2-4-8(6)12-9(7)11;1-7-5-3-2-4-6-7/h1-5H;2-6H,1H3. The molecule has 0 saturated heterocycles. The minimum absolute atomic E-state index is 0.357. The summed E-state index contributed by atoms with van der Waals surface area (Å²) >= 11 is 11.5. The summed E-state index contributed by atoms with van der Waals surface area (Å²) < 4.78 is 0. The van der Waals surface area contributed by atoms with E-state index in [1.807, 2.05) is 48.5 Å². The Labute approximate surface area is 122 Å². The van der Waals surface area contributed by atoms with Gasteiger partial charge in [0.25, 0.3) is 0 Å². The molecule has 19 heavy (non-hydrogen) atoms. The molecule has 0 aliphatic rings. The first-order valence-corrected chi connectivity index (χ1v) is 6.65. The number of hydrogen-bond acceptors (Lipinski definition) is 1. The van der Waals surface area contributed by atoms with Gasteiger partial charge in [0.15, 0.2) is 0 Å². The van der Waals surface area contributed by atoms with Crippen LogP contribution in [0.4, 0.5) is 0 Å². The zero-order chi connectivity index (χ0) is 13.7. The van der Waals surface area contributed by atoms with Gasteiger partial charge in [-0.1, -0.05) is 77.3 Å². The number of nitrogens with zero attached hydrogens (tertiary/aromatic N) is 1. The number of aromatic nitrogens is 1. The van der Waals surface area contributed by atoms with Crippen LogP contribution < -0.4 is 0 Å². The van der Waals surface area contributed by atoms with Crippen LogP contribution in [0.1, 0.15) is 5.56 Å². The number of fused-ring (bicyclic) bond motifs is 1. The van der Waals surface area contributed by atoms with Crippen LogP contribution in [0.25, 0.3) is 10.9 Å². The molecule has 1 heterocycles. The van der Waals surface area contributed by atoms with Gasteiger partial charge in [-0.2, -0.15) is 0 Å². The van der Waals surface area contributed by atoms with E-state index in [1.54, 1.807) is 0 Å². The first-order valence-electron chi connectivity index (χ1n) is 5.89. The largest absolute Gasteiger partial charge is 0.235 e. The molecule has 0 amide bonds. The second kappa shape index (κ2) is 6.55. The van der Waals surface area contributed by atoms with Gasteiger partial charge >= 0.3 is 0 Å². The molecule has 3 aromatic rings. The Hall–Kier alpha value is -1.57. The number of halogens is 2. The van der Waals surface area contributed by atoms with Crippen LogP contribution >= 0.6 is 23.2 Å². The highest BCUT2D eigenvalue weighted by Gasteiger charge is 2.00. The van der Waals surface area contributed by atoms with E-state index in [0.717, 1.165) is 10.9 Å². The Balaban J connectivity index is 0.000000163. The molecule has 0 aliphatic heterocycles. The molecule has 0 fully saturated rings. The van der Waals surface area contributed by atoms with Crippen LogP contribution in [0.15, 0.2) is 60.7 Å². The van der Waals surface area contributed by atoms with Crippen molar-refractivity contribution in [3.63, 3.8) is 0 Å². The van der Waals surface area contributed by atoms with Gasteiger partial charge < -0.3 is 0 Å². The van der Waals surface area contributed by atoms with Crippen LogP contribution in [0.5, 0.6) is 0 Å². The Bertz CT molecular complexity index is 625. The summed E-state index contributed by atoms with van der Waals surface area (Å²) in [4.78, 5) is 4.11. The molecule has 0 N–H and O–H groups in total. The van der Waals surface area contributed by atoms with Crippen LogP contribution in [-0.4, -0.2) is 4.98 Å². The summed E-state index contributed by atoms with van der Waals surface area (Å²) in [7, 11) is 0. The van der Waals surface area contributed by atoms with Gasteiger partial charge in [-0.3, -0.25) is 0 Å². The predicted molar refractivity (Wildman–Crippen MR) is 82.9 cm³/mol. The van der Waals surface area contributed by atoms with Crippen molar-refractivity contribution in [1.82, 2.24) is 4.98 Å². The van der Waals surface area contributed by atoms with Crippen LogP contribution in [0.2, 0.25) is 10.2 Å². The Morgan fingerprint density at radius 1 is 0.842 bits per heavy atom. The molecular weight excluding hydrogens is 277 g/mol. The maximum absolute atomic E-state index is 5.79. The second-order valence-electron chi connectivity index (χ2n) is 4.11. The molecule has 2 aromatic carbocycles. The molecule has 3 heteroatoms. The van der Waals surface area contributed by atoms with E-state index in [9.17, 15) is 0 Å². The van der Waals surface area contributed by atoms with Gasteiger partial charge in [0.2, 0.25) is 0 Å². The molecule has 0 spiro atoms. The first-order chi connectivity index (χ1) is 9.16.